The second kappa shape index (κ2) is 11.9. The van der Waals surface area contributed by atoms with Crippen LogP contribution in [0.1, 0.15) is 47.2 Å². The van der Waals surface area contributed by atoms with Crippen LogP contribution in [-0.4, -0.2) is 29.3 Å². The van der Waals surface area contributed by atoms with Gasteiger partial charge in [-0.3, -0.25) is 9.35 Å². The smallest absolute Gasteiger partial charge is 0.272 e. The lowest BCUT2D eigenvalue weighted by molar-refractivity contribution is 0.100. The topological polar surface area (TPSA) is 95.7 Å². The number of aryl methyl sites for hydroxylation is 1. The molecule has 2 heterocycles. The monoisotopic (exact) mass is 543 g/mol. The van der Waals surface area contributed by atoms with Gasteiger partial charge in [-0.05, 0) is 41.1 Å². The lowest BCUT2D eigenvalue weighted by atomic mass is 10.1. The number of hydrogen-bond donors (Lipinski definition) is 2. The van der Waals surface area contributed by atoms with Crippen molar-refractivity contribution in [1.82, 2.24) is 9.55 Å². The zero-order chi connectivity index (χ0) is 25.7. The first kappa shape index (κ1) is 26.2. The summed E-state index contributed by atoms with van der Waals surface area (Å²) in [5.74, 6) is 0.289. The van der Waals surface area contributed by atoms with Crippen LogP contribution in [-0.2, 0) is 30.8 Å². The molecule has 4 aromatic rings. The van der Waals surface area contributed by atoms with Gasteiger partial charge in [-0.15, -0.1) is 11.3 Å². The number of carbonyl (C=O) groups excluding carboxylic acids is 1. The Kier molecular flexibility index (Phi) is 8.71. The van der Waals surface area contributed by atoms with Crippen LogP contribution in [0.15, 0.2) is 66.0 Å². The quantitative estimate of drug-likeness (QED) is 0.242. The molecule has 0 fully saturated rings. The lowest BCUT2D eigenvalue weighted by Gasteiger charge is -2.19. The minimum absolute atomic E-state index is 0.196. The van der Waals surface area contributed by atoms with Gasteiger partial charge in [0.15, 0.2) is 5.15 Å². The molecule has 2 N–H and O–H groups in total. The highest BCUT2D eigenvalue weighted by atomic mass is 35.5. The summed E-state index contributed by atoms with van der Waals surface area (Å²) in [6.45, 7) is 2.42. The van der Waals surface area contributed by atoms with E-state index < -0.39 is 17.2 Å². The Morgan fingerprint density at radius 2 is 1.86 bits per heavy atom. The molecule has 4 rings (SSSR count). The molecule has 1 amide bonds. The predicted octanol–water partition coefficient (Wildman–Crippen LogP) is 5.93. The number of benzene rings is 2. The van der Waals surface area contributed by atoms with E-state index in [0.29, 0.717) is 33.5 Å². The van der Waals surface area contributed by atoms with Gasteiger partial charge in [0.25, 0.3) is 17.2 Å². The zero-order valence-corrected chi connectivity index (χ0v) is 22.0. The maximum absolute atomic E-state index is 13.0. The first-order chi connectivity index (χ1) is 17.4. The molecular formula is C26H26ClN3O4S2. The van der Waals surface area contributed by atoms with Gasteiger partial charge in [0.1, 0.15) is 5.82 Å². The van der Waals surface area contributed by atoms with Gasteiger partial charge in [0, 0.05) is 18.5 Å². The van der Waals surface area contributed by atoms with E-state index in [2.05, 4.69) is 11.9 Å². The Labute approximate surface area is 221 Å². The van der Waals surface area contributed by atoms with Crippen molar-refractivity contribution in [2.24, 2.45) is 0 Å². The molecule has 2 aromatic heterocycles. The number of carbonyl (C=O) groups is 1. The van der Waals surface area contributed by atoms with Crippen molar-refractivity contribution in [3.63, 3.8) is 0 Å². The molecule has 1 atom stereocenters. The van der Waals surface area contributed by atoms with Gasteiger partial charge in [0.2, 0.25) is 0 Å². The molecule has 0 bridgehead atoms. The third-order valence-corrected chi connectivity index (χ3v) is 7.72. The van der Waals surface area contributed by atoms with Crippen LogP contribution in [0.2, 0.25) is 5.15 Å². The number of hydrogen-bond acceptors (Lipinski definition) is 5. The molecule has 2 aromatic carbocycles. The standard InChI is InChI=1S/C26H26ClN3O4S2/c1-2-3-9-23-28-25(27)22(17-31)29(23)16-18-10-12-19(13-11-18)24-21(14-15-35-24)30(36(33)34)26(32)20-7-5-4-6-8-20/h4-8,10-15,31H,2-3,9,16-17H2,1H3,(H,33,34). The Morgan fingerprint density at radius 1 is 1.14 bits per heavy atom. The maximum atomic E-state index is 13.0. The summed E-state index contributed by atoms with van der Waals surface area (Å²) in [4.78, 5) is 18.2. The second-order valence-corrected chi connectivity index (χ2v) is 10.2. The molecule has 1 unspecified atom stereocenters. The highest BCUT2D eigenvalue weighted by molar-refractivity contribution is 7.81. The van der Waals surface area contributed by atoms with Crippen molar-refractivity contribution >= 4 is 45.8 Å². The van der Waals surface area contributed by atoms with Crippen molar-refractivity contribution in [3.05, 3.63) is 93.8 Å². The normalized spacial score (nSPS) is 12.0. The minimum atomic E-state index is -2.54. The van der Waals surface area contributed by atoms with Crippen LogP contribution < -0.4 is 4.31 Å². The first-order valence-electron chi connectivity index (χ1n) is 11.5. The Bertz CT molecular complexity index is 1350. The molecule has 36 heavy (non-hydrogen) atoms. The van der Waals surface area contributed by atoms with Crippen molar-refractivity contribution in [2.75, 3.05) is 4.31 Å². The number of anilines is 1. The van der Waals surface area contributed by atoms with Gasteiger partial charge in [-0.1, -0.05) is 67.4 Å². The Hall–Kier alpha value is -2.82. The Balaban J connectivity index is 1.62. The molecule has 0 aliphatic carbocycles. The van der Waals surface area contributed by atoms with Crippen LogP contribution in [0.4, 0.5) is 5.69 Å². The second-order valence-electron chi connectivity index (χ2n) is 8.14. The van der Waals surface area contributed by atoms with Crippen molar-refractivity contribution in [1.29, 1.82) is 0 Å². The Morgan fingerprint density at radius 3 is 2.50 bits per heavy atom. The summed E-state index contributed by atoms with van der Waals surface area (Å²) < 4.78 is 25.0. The van der Waals surface area contributed by atoms with Gasteiger partial charge in [0.05, 0.1) is 22.9 Å². The van der Waals surface area contributed by atoms with E-state index in [-0.39, 0.29) is 6.61 Å². The molecule has 0 aliphatic heterocycles. The number of imidazole rings is 1. The first-order valence-corrected chi connectivity index (χ1v) is 13.8. The van der Waals surface area contributed by atoms with Crippen LogP contribution in [0.25, 0.3) is 10.4 Å². The average molecular weight is 544 g/mol. The summed E-state index contributed by atoms with van der Waals surface area (Å²) in [6, 6.07) is 17.8. The summed E-state index contributed by atoms with van der Waals surface area (Å²) in [7, 11) is 0. The summed E-state index contributed by atoms with van der Waals surface area (Å²) in [5.41, 5.74) is 3.09. The number of aromatic nitrogens is 2. The SMILES string of the molecule is CCCCc1nc(Cl)c(CO)n1Cc1ccc(-c2sccc2N(C(=O)c2ccccc2)S(=O)O)cc1. The van der Waals surface area contributed by atoms with Gasteiger partial charge >= 0.3 is 0 Å². The minimum Gasteiger partial charge on any atom is -0.390 e. The fraction of sp³-hybridized carbons (Fsp3) is 0.231. The van der Waals surface area contributed by atoms with E-state index in [1.165, 1.54) is 11.3 Å². The summed E-state index contributed by atoms with van der Waals surface area (Å²) in [5, 5.41) is 11.9. The van der Waals surface area contributed by atoms with E-state index in [1.54, 1.807) is 41.8 Å². The lowest BCUT2D eigenvalue weighted by Crippen LogP contribution is -2.32. The van der Waals surface area contributed by atoms with Crippen LogP contribution in [0.3, 0.4) is 0 Å². The van der Waals surface area contributed by atoms with Gasteiger partial charge < -0.3 is 9.67 Å². The molecular weight excluding hydrogens is 518 g/mol. The fourth-order valence-electron chi connectivity index (χ4n) is 3.95. The predicted molar refractivity (Wildman–Crippen MR) is 145 cm³/mol. The van der Waals surface area contributed by atoms with Gasteiger partial charge in [-0.2, -0.15) is 0 Å². The number of nitrogens with zero attached hydrogens (tertiary/aromatic N) is 3. The number of amides is 1. The van der Waals surface area contributed by atoms with E-state index >= 15 is 0 Å². The van der Waals surface area contributed by atoms with Crippen molar-refractivity contribution in [3.8, 4) is 10.4 Å². The van der Waals surface area contributed by atoms with Crippen molar-refractivity contribution < 1.29 is 18.7 Å². The summed E-state index contributed by atoms with van der Waals surface area (Å²) in [6.07, 6.45) is 2.78. The van der Waals surface area contributed by atoms with Crippen LogP contribution in [0.5, 0.6) is 0 Å². The largest absolute Gasteiger partial charge is 0.390 e. The average Bonchev–Trinajstić information content (AvgIpc) is 3.47. The molecule has 7 nitrogen and oxygen atoms in total. The maximum Gasteiger partial charge on any atom is 0.272 e. The third kappa shape index (κ3) is 5.61. The molecule has 188 valence electrons. The third-order valence-electron chi connectivity index (χ3n) is 5.79. The van der Waals surface area contributed by atoms with E-state index in [1.807, 2.05) is 28.8 Å². The molecule has 0 spiro atoms. The van der Waals surface area contributed by atoms with E-state index in [4.69, 9.17) is 11.6 Å². The number of thiophene rings is 1. The fourth-order valence-corrected chi connectivity index (χ4v) is 5.72. The number of rotatable bonds is 10. The molecule has 10 heteroatoms. The number of halogens is 1. The summed E-state index contributed by atoms with van der Waals surface area (Å²) >= 11 is 5.11. The highest BCUT2D eigenvalue weighted by Gasteiger charge is 2.26. The van der Waals surface area contributed by atoms with E-state index in [9.17, 15) is 18.7 Å². The van der Waals surface area contributed by atoms with Crippen LogP contribution in [0, 0.1) is 0 Å². The van der Waals surface area contributed by atoms with Gasteiger partial charge in [-0.25, -0.2) is 13.5 Å². The number of unbranched alkanes of at least 4 members (excludes halogenated alkanes) is 1. The molecule has 0 aliphatic rings. The molecule has 0 saturated carbocycles. The number of aliphatic hydroxyl groups is 1. The highest BCUT2D eigenvalue weighted by Crippen LogP contribution is 2.37. The van der Waals surface area contributed by atoms with Crippen molar-refractivity contribution in [2.45, 2.75) is 39.3 Å². The van der Waals surface area contributed by atoms with Crippen LogP contribution >= 0.6 is 22.9 Å². The van der Waals surface area contributed by atoms with E-state index in [0.717, 1.165) is 40.5 Å². The zero-order valence-electron chi connectivity index (χ0n) is 19.6. The molecule has 0 radical (unpaired) electrons. The molecule has 0 saturated heterocycles. The number of aliphatic hydroxyl groups excluding tert-OH is 1.